The van der Waals surface area contributed by atoms with Gasteiger partial charge < -0.3 is 15.4 Å². The molecule has 4 aromatic rings. The molecule has 5 nitrogen and oxygen atoms in total. The van der Waals surface area contributed by atoms with Crippen LogP contribution in [0.1, 0.15) is 27.9 Å². The minimum Gasteiger partial charge on any atom is -0.492 e. The molecule has 4 aromatic carbocycles. The molecule has 0 unspecified atom stereocenters. The van der Waals surface area contributed by atoms with E-state index in [4.69, 9.17) is 4.74 Å². The summed E-state index contributed by atoms with van der Waals surface area (Å²) < 4.78 is 6.73. The van der Waals surface area contributed by atoms with E-state index in [0.717, 1.165) is 16.5 Å². The molecule has 0 spiro atoms. The molecule has 2 N–H and O–H groups in total. The third-order valence-corrected chi connectivity index (χ3v) is 6.08. The van der Waals surface area contributed by atoms with Gasteiger partial charge in [-0.3, -0.25) is 9.59 Å². The van der Waals surface area contributed by atoms with E-state index in [1.807, 2.05) is 66.7 Å². The van der Waals surface area contributed by atoms with Crippen LogP contribution in [0.3, 0.4) is 0 Å². The van der Waals surface area contributed by atoms with Crippen molar-refractivity contribution in [3.63, 3.8) is 0 Å². The summed E-state index contributed by atoms with van der Waals surface area (Å²) in [5, 5.41) is 5.81. The summed E-state index contributed by atoms with van der Waals surface area (Å²) in [6.07, 6.45) is 1.83. The van der Waals surface area contributed by atoms with E-state index < -0.39 is 0 Å². The Morgan fingerprint density at radius 2 is 1.28 bits per heavy atom. The molecule has 36 heavy (non-hydrogen) atoms. The number of rotatable bonds is 10. The van der Waals surface area contributed by atoms with E-state index in [-0.39, 0.29) is 11.8 Å². The van der Waals surface area contributed by atoms with Crippen molar-refractivity contribution in [3.8, 4) is 5.75 Å². The monoisotopic (exact) mass is 542 g/mol. The molecule has 4 rings (SSSR count). The zero-order valence-corrected chi connectivity index (χ0v) is 21.3. The van der Waals surface area contributed by atoms with E-state index in [1.165, 1.54) is 5.56 Å². The first-order valence-corrected chi connectivity index (χ1v) is 12.6. The van der Waals surface area contributed by atoms with Gasteiger partial charge in [0.25, 0.3) is 5.91 Å². The van der Waals surface area contributed by atoms with E-state index in [9.17, 15) is 9.59 Å². The number of carbonyl (C=O) groups is 2. The molecule has 0 radical (unpaired) electrons. The summed E-state index contributed by atoms with van der Waals surface area (Å²) in [4.78, 5) is 25.3. The molecule has 0 bridgehead atoms. The van der Waals surface area contributed by atoms with Crippen LogP contribution in [-0.4, -0.2) is 18.4 Å². The SMILES string of the molecule is O=C(CCc1ccccc1)Nc1ccc(NC(=O)c2cc(Br)ccc2OCCc2ccccc2)cc1. The van der Waals surface area contributed by atoms with Crippen molar-refractivity contribution in [1.82, 2.24) is 0 Å². The number of aryl methyl sites for hydroxylation is 1. The molecule has 2 amide bonds. The van der Waals surface area contributed by atoms with Crippen LogP contribution in [0.25, 0.3) is 0 Å². The van der Waals surface area contributed by atoms with Crippen LogP contribution in [-0.2, 0) is 17.6 Å². The van der Waals surface area contributed by atoms with Crippen LogP contribution in [0.5, 0.6) is 5.75 Å². The Labute approximate surface area is 219 Å². The number of hydrogen-bond acceptors (Lipinski definition) is 3. The number of halogens is 1. The van der Waals surface area contributed by atoms with Crippen LogP contribution < -0.4 is 15.4 Å². The van der Waals surface area contributed by atoms with Crippen molar-refractivity contribution < 1.29 is 14.3 Å². The Hall–Kier alpha value is -3.90. The molecule has 0 atom stereocenters. The minimum absolute atomic E-state index is 0.0536. The van der Waals surface area contributed by atoms with Gasteiger partial charge in [-0.1, -0.05) is 76.6 Å². The molecule has 6 heteroatoms. The molecular weight excluding hydrogens is 516 g/mol. The Balaban J connectivity index is 1.32. The van der Waals surface area contributed by atoms with Gasteiger partial charge in [0.05, 0.1) is 12.2 Å². The fraction of sp³-hybridized carbons (Fsp3) is 0.133. The van der Waals surface area contributed by atoms with Gasteiger partial charge in [0, 0.05) is 28.7 Å². The summed E-state index contributed by atoms with van der Waals surface area (Å²) in [6.45, 7) is 0.463. The molecule has 0 fully saturated rings. The van der Waals surface area contributed by atoms with Gasteiger partial charge in [-0.15, -0.1) is 0 Å². The molecule has 0 saturated heterocycles. The van der Waals surface area contributed by atoms with E-state index in [0.29, 0.717) is 42.1 Å². The number of ether oxygens (including phenoxy) is 1. The summed E-state index contributed by atoms with van der Waals surface area (Å²) >= 11 is 3.44. The zero-order valence-electron chi connectivity index (χ0n) is 19.7. The smallest absolute Gasteiger partial charge is 0.259 e. The van der Waals surface area contributed by atoms with E-state index in [1.54, 1.807) is 36.4 Å². The number of carbonyl (C=O) groups excluding carboxylic acids is 2. The lowest BCUT2D eigenvalue weighted by atomic mass is 10.1. The first-order valence-electron chi connectivity index (χ1n) is 11.8. The second-order valence-electron chi connectivity index (χ2n) is 8.29. The van der Waals surface area contributed by atoms with Crippen molar-refractivity contribution in [1.29, 1.82) is 0 Å². The Morgan fingerprint density at radius 1 is 0.694 bits per heavy atom. The second kappa shape index (κ2) is 12.7. The number of benzene rings is 4. The highest BCUT2D eigenvalue weighted by molar-refractivity contribution is 9.10. The lowest BCUT2D eigenvalue weighted by Crippen LogP contribution is -2.15. The predicted molar refractivity (Wildman–Crippen MR) is 148 cm³/mol. The summed E-state index contributed by atoms with van der Waals surface area (Å²) in [5.41, 5.74) is 4.04. The van der Waals surface area contributed by atoms with Crippen molar-refractivity contribution >= 4 is 39.1 Å². The third kappa shape index (κ3) is 7.55. The van der Waals surface area contributed by atoms with Crippen LogP contribution in [0.15, 0.2) is 108 Å². The first-order chi connectivity index (χ1) is 17.6. The standard InChI is InChI=1S/C30H27BrN2O3/c31-24-12-17-28(36-20-19-23-9-5-2-6-10-23)27(21-24)30(35)33-26-15-13-25(14-16-26)32-29(34)18-11-22-7-3-1-4-8-22/h1-10,12-17,21H,11,18-20H2,(H,32,34)(H,33,35). The fourth-order valence-electron chi connectivity index (χ4n) is 3.69. The number of hydrogen-bond donors (Lipinski definition) is 2. The Morgan fingerprint density at radius 3 is 1.92 bits per heavy atom. The normalized spacial score (nSPS) is 10.5. The maximum atomic E-state index is 13.0. The number of amides is 2. The van der Waals surface area contributed by atoms with Crippen molar-refractivity contribution in [2.75, 3.05) is 17.2 Å². The number of anilines is 2. The fourth-order valence-corrected chi connectivity index (χ4v) is 4.05. The Bertz CT molecular complexity index is 1290. The first kappa shape index (κ1) is 25.2. The lowest BCUT2D eigenvalue weighted by molar-refractivity contribution is -0.116. The maximum Gasteiger partial charge on any atom is 0.259 e. The molecule has 0 aliphatic heterocycles. The van der Waals surface area contributed by atoms with Gasteiger partial charge in [-0.05, 0) is 60.0 Å². The van der Waals surface area contributed by atoms with Crippen molar-refractivity contribution in [2.45, 2.75) is 19.3 Å². The van der Waals surface area contributed by atoms with Crippen LogP contribution in [0, 0.1) is 0 Å². The molecule has 0 aromatic heterocycles. The summed E-state index contributed by atoms with van der Waals surface area (Å²) in [6, 6.07) is 32.4. The van der Waals surface area contributed by atoms with Gasteiger partial charge in [-0.25, -0.2) is 0 Å². The summed E-state index contributed by atoms with van der Waals surface area (Å²) in [5.74, 6) is 0.196. The van der Waals surface area contributed by atoms with Crippen LogP contribution in [0.4, 0.5) is 11.4 Å². The minimum atomic E-state index is -0.273. The molecule has 0 saturated carbocycles. The predicted octanol–water partition coefficient (Wildman–Crippen LogP) is 6.89. The molecular formula is C30H27BrN2O3. The highest BCUT2D eigenvalue weighted by atomic mass is 79.9. The van der Waals surface area contributed by atoms with Gasteiger partial charge in [0.1, 0.15) is 5.75 Å². The maximum absolute atomic E-state index is 13.0. The average molecular weight is 543 g/mol. The van der Waals surface area contributed by atoms with Crippen molar-refractivity contribution in [3.05, 3.63) is 124 Å². The molecule has 0 aliphatic rings. The second-order valence-corrected chi connectivity index (χ2v) is 9.21. The van der Waals surface area contributed by atoms with Gasteiger partial charge in [0.2, 0.25) is 5.91 Å². The van der Waals surface area contributed by atoms with Crippen molar-refractivity contribution in [2.24, 2.45) is 0 Å². The van der Waals surface area contributed by atoms with Crippen LogP contribution >= 0.6 is 15.9 Å². The highest BCUT2D eigenvalue weighted by Gasteiger charge is 2.14. The van der Waals surface area contributed by atoms with Gasteiger partial charge in [0.15, 0.2) is 0 Å². The van der Waals surface area contributed by atoms with Gasteiger partial charge >= 0.3 is 0 Å². The van der Waals surface area contributed by atoms with Crippen LogP contribution in [0.2, 0.25) is 0 Å². The van der Waals surface area contributed by atoms with E-state index >= 15 is 0 Å². The third-order valence-electron chi connectivity index (χ3n) is 5.59. The number of nitrogens with one attached hydrogen (secondary N) is 2. The lowest BCUT2D eigenvalue weighted by Gasteiger charge is -2.13. The molecule has 0 aliphatic carbocycles. The highest BCUT2D eigenvalue weighted by Crippen LogP contribution is 2.25. The zero-order chi connectivity index (χ0) is 25.2. The van der Waals surface area contributed by atoms with Gasteiger partial charge in [-0.2, -0.15) is 0 Å². The van der Waals surface area contributed by atoms with E-state index in [2.05, 4.69) is 26.6 Å². The topological polar surface area (TPSA) is 67.4 Å². The summed E-state index contributed by atoms with van der Waals surface area (Å²) in [7, 11) is 0. The largest absolute Gasteiger partial charge is 0.492 e. The Kier molecular flexibility index (Phi) is 8.89. The average Bonchev–Trinajstić information content (AvgIpc) is 2.90. The molecule has 0 heterocycles. The quantitative estimate of drug-likeness (QED) is 0.229. The molecule has 182 valence electrons.